The predicted molar refractivity (Wildman–Crippen MR) is 126 cm³/mol. The van der Waals surface area contributed by atoms with Crippen molar-refractivity contribution in [3.63, 3.8) is 0 Å². The lowest BCUT2D eigenvalue weighted by molar-refractivity contribution is 0.102. The summed E-state index contributed by atoms with van der Waals surface area (Å²) in [6.45, 7) is 10.6. The molecule has 1 saturated heterocycles. The van der Waals surface area contributed by atoms with Crippen molar-refractivity contribution in [1.29, 1.82) is 0 Å². The number of anilines is 1. The average Bonchev–Trinajstić information content (AvgIpc) is 3.11. The Morgan fingerprint density at radius 3 is 2.59 bits per heavy atom. The molecule has 0 bridgehead atoms. The molecular formula is C25H31N3O4. The number of aromatic nitrogens is 1. The largest absolute Gasteiger partial charge is 0.515 e. The van der Waals surface area contributed by atoms with Crippen molar-refractivity contribution in [2.75, 3.05) is 44.8 Å². The van der Waals surface area contributed by atoms with Gasteiger partial charge >= 0.3 is 6.16 Å². The number of aryl methyl sites for hydroxylation is 2. The molecule has 1 fully saturated rings. The van der Waals surface area contributed by atoms with Crippen LogP contribution in [-0.4, -0.2) is 55.9 Å². The fourth-order valence-electron chi connectivity index (χ4n) is 4.44. The molecule has 0 unspecified atom stereocenters. The summed E-state index contributed by atoms with van der Waals surface area (Å²) < 4.78 is 15.9. The highest BCUT2D eigenvalue weighted by Gasteiger charge is 2.23. The zero-order valence-corrected chi connectivity index (χ0v) is 19.2. The van der Waals surface area contributed by atoms with Gasteiger partial charge in [0.2, 0.25) is 5.88 Å². The van der Waals surface area contributed by atoms with Crippen LogP contribution in [0.3, 0.4) is 0 Å². The summed E-state index contributed by atoms with van der Waals surface area (Å²) in [6, 6.07) is 12.4. The molecule has 7 nitrogen and oxygen atoms in total. The Hall–Kier alpha value is -3.19. The first-order chi connectivity index (χ1) is 15.5. The van der Waals surface area contributed by atoms with E-state index in [4.69, 9.17) is 14.2 Å². The van der Waals surface area contributed by atoms with Crippen molar-refractivity contribution >= 4 is 22.7 Å². The summed E-state index contributed by atoms with van der Waals surface area (Å²) in [4.78, 5) is 20.1. The molecule has 170 valence electrons. The SMILES string of the molecule is CCOC(=O)Oc1[nH]c2cc(C)cc(C)c2c1CN1CCN(c2cccc(OC)c2)CC1. The number of piperazine rings is 1. The summed E-state index contributed by atoms with van der Waals surface area (Å²) in [5.74, 6) is 1.35. The van der Waals surface area contributed by atoms with Crippen LogP contribution in [0, 0.1) is 13.8 Å². The van der Waals surface area contributed by atoms with Crippen molar-refractivity contribution in [2.45, 2.75) is 27.3 Å². The maximum Gasteiger partial charge on any atom is 0.515 e. The van der Waals surface area contributed by atoms with E-state index in [1.807, 2.05) is 12.1 Å². The van der Waals surface area contributed by atoms with Crippen LogP contribution in [0.1, 0.15) is 23.6 Å². The minimum atomic E-state index is -0.683. The molecule has 1 aliphatic rings. The Bertz CT molecular complexity index is 1100. The van der Waals surface area contributed by atoms with Gasteiger partial charge in [0, 0.05) is 60.9 Å². The number of rotatable bonds is 6. The van der Waals surface area contributed by atoms with E-state index in [-0.39, 0.29) is 6.61 Å². The van der Waals surface area contributed by atoms with E-state index >= 15 is 0 Å². The van der Waals surface area contributed by atoms with Crippen molar-refractivity contribution in [3.05, 3.63) is 53.1 Å². The number of carbonyl (C=O) groups excluding carboxylic acids is 1. The van der Waals surface area contributed by atoms with Crippen molar-refractivity contribution < 1.29 is 19.0 Å². The molecule has 4 rings (SSSR count). The van der Waals surface area contributed by atoms with Gasteiger partial charge in [-0.25, -0.2) is 4.79 Å². The molecule has 1 aromatic heterocycles. The standard InChI is InChI=1S/C25H31N3O4/c1-5-31-25(29)32-24-21(23-18(3)13-17(2)14-22(23)26-24)16-27-9-11-28(12-10-27)19-7-6-8-20(15-19)30-4/h6-8,13-15,26H,5,9-12,16H2,1-4H3. The molecule has 3 aromatic rings. The van der Waals surface area contributed by atoms with Crippen LogP contribution >= 0.6 is 0 Å². The van der Waals surface area contributed by atoms with Crippen LogP contribution < -0.4 is 14.4 Å². The first kappa shape index (κ1) is 22.0. The summed E-state index contributed by atoms with van der Waals surface area (Å²) in [6.07, 6.45) is -0.683. The van der Waals surface area contributed by atoms with Gasteiger partial charge in [0.25, 0.3) is 0 Å². The van der Waals surface area contributed by atoms with E-state index < -0.39 is 6.16 Å². The van der Waals surface area contributed by atoms with Crippen molar-refractivity contribution in [3.8, 4) is 11.6 Å². The Kier molecular flexibility index (Phi) is 6.55. The third kappa shape index (κ3) is 4.67. The minimum absolute atomic E-state index is 0.277. The quantitative estimate of drug-likeness (QED) is 0.566. The van der Waals surface area contributed by atoms with Crippen molar-refractivity contribution in [1.82, 2.24) is 9.88 Å². The topological polar surface area (TPSA) is 67.0 Å². The number of methoxy groups -OCH3 is 1. The molecule has 0 aliphatic carbocycles. The molecule has 0 radical (unpaired) electrons. The number of H-pyrrole nitrogens is 1. The Labute approximate surface area is 188 Å². The number of ether oxygens (including phenoxy) is 3. The lowest BCUT2D eigenvalue weighted by atomic mass is 10.0. The maximum absolute atomic E-state index is 12.0. The van der Waals surface area contributed by atoms with Crippen LogP contribution in [0.25, 0.3) is 10.9 Å². The highest BCUT2D eigenvalue weighted by atomic mass is 16.7. The lowest BCUT2D eigenvalue weighted by Crippen LogP contribution is -2.46. The van der Waals surface area contributed by atoms with E-state index in [2.05, 4.69) is 52.9 Å². The van der Waals surface area contributed by atoms with Gasteiger partial charge in [-0.15, -0.1) is 0 Å². The molecule has 2 heterocycles. The molecule has 1 N–H and O–H groups in total. The smallest absolute Gasteiger partial charge is 0.497 e. The number of hydrogen-bond donors (Lipinski definition) is 1. The fraction of sp³-hybridized carbons (Fsp3) is 0.400. The highest BCUT2D eigenvalue weighted by Crippen LogP contribution is 2.33. The average molecular weight is 438 g/mol. The van der Waals surface area contributed by atoms with Gasteiger partial charge in [0.15, 0.2) is 0 Å². The van der Waals surface area contributed by atoms with Gasteiger partial charge in [0.1, 0.15) is 5.75 Å². The van der Waals surface area contributed by atoms with E-state index in [1.54, 1.807) is 14.0 Å². The summed E-state index contributed by atoms with van der Waals surface area (Å²) in [5, 5.41) is 1.12. The molecule has 7 heteroatoms. The van der Waals surface area contributed by atoms with Gasteiger partial charge in [-0.2, -0.15) is 0 Å². The third-order valence-electron chi connectivity index (χ3n) is 5.92. The van der Waals surface area contributed by atoms with Gasteiger partial charge in [-0.05, 0) is 50.1 Å². The third-order valence-corrected chi connectivity index (χ3v) is 5.92. The molecule has 0 amide bonds. The maximum atomic E-state index is 12.0. The zero-order valence-electron chi connectivity index (χ0n) is 19.2. The number of hydrogen-bond acceptors (Lipinski definition) is 6. The number of aromatic amines is 1. The van der Waals surface area contributed by atoms with E-state index in [0.717, 1.165) is 54.0 Å². The van der Waals surface area contributed by atoms with E-state index in [1.165, 1.54) is 11.3 Å². The van der Waals surface area contributed by atoms with Gasteiger partial charge in [-0.1, -0.05) is 12.1 Å². The van der Waals surface area contributed by atoms with Crippen LogP contribution in [0.15, 0.2) is 36.4 Å². The lowest BCUT2D eigenvalue weighted by Gasteiger charge is -2.36. The number of benzene rings is 2. The second kappa shape index (κ2) is 9.53. The van der Waals surface area contributed by atoms with Crippen LogP contribution in [0.4, 0.5) is 10.5 Å². The Balaban J connectivity index is 1.54. The zero-order chi connectivity index (χ0) is 22.7. The second-order valence-corrected chi connectivity index (χ2v) is 8.19. The monoisotopic (exact) mass is 437 g/mol. The fourth-order valence-corrected chi connectivity index (χ4v) is 4.44. The number of carbonyl (C=O) groups is 1. The van der Waals surface area contributed by atoms with E-state index in [0.29, 0.717) is 12.4 Å². The van der Waals surface area contributed by atoms with Crippen molar-refractivity contribution in [2.24, 2.45) is 0 Å². The highest BCUT2D eigenvalue weighted by molar-refractivity contribution is 5.90. The first-order valence-electron chi connectivity index (χ1n) is 11.1. The first-order valence-corrected chi connectivity index (χ1v) is 11.1. The van der Waals surface area contributed by atoms with Crippen LogP contribution in [0.5, 0.6) is 11.6 Å². The summed E-state index contributed by atoms with van der Waals surface area (Å²) in [7, 11) is 1.69. The Morgan fingerprint density at radius 2 is 1.88 bits per heavy atom. The molecule has 2 aromatic carbocycles. The minimum Gasteiger partial charge on any atom is -0.497 e. The second-order valence-electron chi connectivity index (χ2n) is 8.19. The molecule has 0 spiro atoms. The van der Waals surface area contributed by atoms with Crippen LogP contribution in [0.2, 0.25) is 0 Å². The molecule has 0 atom stereocenters. The number of nitrogens with zero attached hydrogens (tertiary/aromatic N) is 2. The molecular weight excluding hydrogens is 406 g/mol. The predicted octanol–water partition coefficient (Wildman–Crippen LogP) is 4.65. The number of nitrogens with one attached hydrogen (secondary N) is 1. The Morgan fingerprint density at radius 1 is 1.09 bits per heavy atom. The molecule has 1 aliphatic heterocycles. The number of fused-ring (bicyclic) bond motifs is 1. The summed E-state index contributed by atoms with van der Waals surface area (Å²) >= 11 is 0. The van der Waals surface area contributed by atoms with Gasteiger partial charge < -0.3 is 24.1 Å². The van der Waals surface area contributed by atoms with Gasteiger partial charge in [-0.3, -0.25) is 4.90 Å². The van der Waals surface area contributed by atoms with Gasteiger partial charge in [0.05, 0.1) is 13.7 Å². The summed E-state index contributed by atoms with van der Waals surface area (Å²) in [5.41, 5.74) is 5.48. The normalized spacial score (nSPS) is 14.6. The molecule has 32 heavy (non-hydrogen) atoms. The molecule has 0 saturated carbocycles. The van der Waals surface area contributed by atoms with E-state index in [9.17, 15) is 4.79 Å². The van der Waals surface area contributed by atoms with Crippen LogP contribution in [-0.2, 0) is 11.3 Å².